The van der Waals surface area contributed by atoms with Gasteiger partial charge in [-0.3, -0.25) is 9.59 Å². The Bertz CT molecular complexity index is 928. The van der Waals surface area contributed by atoms with Crippen molar-refractivity contribution >= 4 is 11.8 Å². The average molecular weight is 421 g/mol. The van der Waals surface area contributed by atoms with E-state index in [9.17, 15) is 9.59 Å². The van der Waals surface area contributed by atoms with Crippen molar-refractivity contribution in [1.29, 1.82) is 0 Å². The van der Waals surface area contributed by atoms with Gasteiger partial charge in [0.25, 0.3) is 5.91 Å². The van der Waals surface area contributed by atoms with E-state index in [4.69, 9.17) is 4.74 Å². The van der Waals surface area contributed by atoms with E-state index in [1.54, 1.807) is 0 Å². The van der Waals surface area contributed by atoms with Crippen molar-refractivity contribution in [2.75, 3.05) is 26.7 Å². The zero-order valence-electron chi connectivity index (χ0n) is 18.8. The van der Waals surface area contributed by atoms with Gasteiger partial charge in [-0.25, -0.2) is 0 Å². The molecule has 1 atom stereocenters. The van der Waals surface area contributed by atoms with Crippen molar-refractivity contribution in [2.45, 2.75) is 45.6 Å². The van der Waals surface area contributed by atoms with Crippen molar-refractivity contribution in [2.24, 2.45) is 5.41 Å². The van der Waals surface area contributed by atoms with Gasteiger partial charge in [-0.05, 0) is 56.2 Å². The topological polar surface area (TPSA) is 49.9 Å². The number of hydrogen-bond donors (Lipinski definition) is 0. The number of hydrogen-bond acceptors (Lipinski definition) is 3. The maximum Gasteiger partial charge on any atom is 0.260 e. The first-order valence-corrected chi connectivity index (χ1v) is 11.2. The lowest BCUT2D eigenvalue weighted by atomic mass is 9.75. The zero-order chi connectivity index (χ0) is 22.0. The Kier molecular flexibility index (Phi) is 6.03. The molecule has 4 rings (SSSR count). The second-order valence-corrected chi connectivity index (χ2v) is 9.13. The number of benzene rings is 2. The number of ether oxygens (including phenoxy) is 1. The first-order valence-electron chi connectivity index (χ1n) is 11.2. The second kappa shape index (κ2) is 8.74. The fourth-order valence-corrected chi connectivity index (χ4v) is 5.16. The van der Waals surface area contributed by atoms with E-state index < -0.39 is 0 Å². The first kappa shape index (κ1) is 21.4. The minimum atomic E-state index is -0.321. The number of piperidine rings is 1. The molecule has 0 bridgehead atoms. The number of likely N-dealkylation sites (tertiary alicyclic amines) is 2. The molecule has 0 aliphatic carbocycles. The van der Waals surface area contributed by atoms with Crippen molar-refractivity contribution in [3.63, 3.8) is 0 Å². The third-order valence-electron chi connectivity index (χ3n) is 7.08. The molecule has 31 heavy (non-hydrogen) atoms. The van der Waals surface area contributed by atoms with Crippen molar-refractivity contribution in [1.82, 2.24) is 9.80 Å². The standard InChI is InChI=1S/C26H32N2O3/c1-19-8-7-9-20(2)24(19)31-18-23(29)28-14-12-26(13-15-28)17-22(27(3)25(26)30)16-21-10-5-4-6-11-21/h4-11,22H,12-18H2,1-3H3/t22-/m1/s1. The Labute approximate surface area is 185 Å². The lowest BCUT2D eigenvalue weighted by Crippen LogP contribution is -2.47. The first-order chi connectivity index (χ1) is 14.9. The maximum atomic E-state index is 13.1. The summed E-state index contributed by atoms with van der Waals surface area (Å²) in [5, 5.41) is 0. The number of nitrogens with zero attached hydrogens (tertiary/aromatic N) is 2. The van der Waals surface area contributed by atoms with E-state index in [0.717, 1.165) is 42.6 Å². The summed E-state index contributed by atoms with van der Waals surface area (Å²) in [6.07, 6.45) is 3.22. The van der Waals surface area contributed by atoms with E-state index in [-0.39, 0.29) is 29.9 Å². The van der Waals surface area contributed by atoms with Crippen molar-refractivity contribution in [3.05, 3.63) is 65.2 Å². The number of para-hydroxylation sites is 1. The molecule has 2 aliphatic rings. The Morgan fingerprint density at radius 2 is 1.68 bits per heavy atom. The van der Waals surface area contributed by atoms with Gasteiger partial charge in [-0.2, -0.15) is 0 Å². The van der Waals surface area contributed by atoms with Crippen LogP contribution in [0.4, 0.5) is 0 Å². The Hall–Kier alpha value is -2.82. The summed E-state index contributed by atoms with van der Waals surface area (Å²) in [5.41, 5.74) is 3.02. The molecule has 0 unspecified atom stereocenters. The van der Waals surface area contributed by atoms with E-state index >= 15 is 0 Å². The molecule has 2 amide bonds. The van der Waals surface area contributed by atoms with Gasteiger partial charge in [0.2, 0.25) is 5.91 Å². The van der Waals surface area contributed by atoms with Gasteiger partial charge >= 0.3 is 0 Å². The van der Waals surface area contributed by atoms with Crippen LogP contribution in [-0.4, -0.2) is 54.4 Å². The summed E-state index contributed by atoms with van der Waals surface area (Å²) in [5.74, 6) is 1.03. The minimum absolute atomic E-state index is 0.00265. The molecule has 2 aromatic rings. The number of aryl methyl sites for hydroxylation is 2. The summed E-state index contributed by atoms with van der Waals surface area (Å²) in [6.45, 7) is 5.26. The molecule has 164 valence electrons. The van der Waals surface area contributed by atoms with Gasteiger partial charge in [-0.15, -0.1) is 0 Å². The van der Waals surface area contributed by atoms with Crippen molar-refractivity contribution < 1.29 is 14.3 Å². The van der Waals surface area contributed by atoms with Crippen molar-refractivity contribution in [3.8, 4) is 5.75 Å². The molecule has 2 fully saturated rings. The summed E-state index contributed by atoms with van der Waals surface area (Å²) in [6, 6.07) is 16.6. The van der Waals surface area contributed by atoms with Gasteiger partial charge in [0.1, 0.15) is 5.75 Å². The second-order valence-electron chi connectivity index (χ2n) is 9.13. The van der Waals surface area contributed by atoms with Gasteiger partial charge in [-0.1, -0.05) is 48.5 Å². The van der Waals surface area contributed by atoms with Crippen LogP contribution < -0.4 is 4.74 Å². The quantitative estimate of drug-likeness (QED) is 0.740. The molecule has 5 heteroatoms. The van der Waals surface area contributed by atoms with Gasteiger partial charge in [0.05, 0.1) is 5.41 Å². The molecule has 2 aromatic carbocycles. The average Bonchev–Trinajstić information content (AvgIpc) is 2.99. The zero-order valence-corrected chi connectivity index (χ0v) is 18.8. The minimum Gasteiger partial charge on any atom is -0.483 e. The lowest BCUT2D eigenvalue weighted by Gasteiger charge is -2.37. The molecular weight excluding hydrogens is 388 g/mol. The van der Waals surface area contributed by atoms with E-state index in [2.05, 4.69) is 12.1 Å². The predicted molar refractivity (Wildman–Crippen MR) is 121 cm³/mol. The van der Waals surface area contributed by atoms with Crippen LogP contribution in [0.2, 0.25) is 0 Å². The molecule has 5 nitrogen and oxygen atoms in total. The van der Waals surface area contributed by atoms with Gasteiger partial charge < -0.3 is 14.5 Å². The van der Waals surface area contributed by atoms with E-state index in [1.807, 2.05) is 67.1 Å². The normalized spacial score (nSPS) is 20.4. The highest BCUT2D eigenvalue weighted by Crippen LogP contribution is 2.44. The van der Waals surface area contributed by atoms with Crippen LogP contribution in [0.3, 0.4) is 0 Å². The number of rotatable bonds is 5. The highest BCUT2D eigenvalue weighted by atomic mass is 16.5. The summed E-state index contributed by atoms with van der Waals surface area (Å²) >= 11 is 0. The molecule has 2 aliphatic heterocycles. The molecule has 0 N–H and O–H groups in total. The monoisotopic (exact) mass is 420 g/mol. The molecule has 0 aromatic heterocycles. The fraction of sp³-hybridized carbons (Fsp3) is 0.462. The van der Waals surface area contributed by atoms with Crippen LogP contribution in [-0.2, 0) is 16.0 Å². The third-order valence-corrected chi connectivity index (χ3v) is 7.08. The number of carbonyl (C=O) groups excluding carboxylic acids is 2. The summed E-state index contributed by atoms with van der Waals surface area (Å²) in [7, 11) is 1.93. The smallest absolute Gasteiger partial charge is 0.260 e. The Morgan fingerprint density at radius 3 is 2.32 bits per heavy atom. The Morgan fingerprint density at radius 1 is 1.03 bits per heavy atom. The van der Waals surface area contributed by atoms with Crippen LogP contribution in [0, 0.1) is 19.3 Å². The van der Waals surface area contributed by atoms with Gasteiger partial charge in [0, 0.05) is 26.2 Å². The number of carbonyl (C=O) groups is 2. The fourth-order valence-electron chi connectivity index (χ4n) is 5.16. The molecule has 0 saturated carbocycles. The molecule has 0 radical (unpaired) electrons. The number of amides is 2. The lowest BCUT2D eigenvalue weighted by molar-refractivity contribution is -0.143. The van der Waals surface area contributed by atoms with Gasteiger partial charge in [0.15, 0.2) is 6.61 Å². The molecule has 2 saturated heterocycles. The predicted octanol–water partition coefficient (Wildman–Crippen LogP) is 3.76. The molecule has 2 heterocycles. The summed E-state index contributed by atoms with van der Waals surface area (Å²) in [4.78, 5) is 29.7. The largest absolute Gasteiger partial charge is 0.483 e. The van der Waals surface area contributed by atoms with Crippen LogP contribution in [0.1, 0.15) is 36.0 Å². The Balaban J connectivity index is 1.34. The van der Waals surface area contributed by atoms with E-state index in [1.165, 1.54) is 5.56 Å². The highest BCUT2D eigenvalue weighted by molar-refractivity contribution is 5.86. The van der Waals surface area contributed by atoms with Crippen LogP contribution in [0.25, 0.3) is 0 Å². The maximum absolute atomic E-state index is 13.1. The molecular formula is C26H32N2O3. The number of likely N-dealkylation sites (N-methyl/N-ethyl adjacent to an activating group) is 1. The van der Waals surface area contributed by atoms with Crippen LogP contribution >= 0.6 is 0 Å². The highest BCUT2D eigenvalue weighted by Gasteiger charge is 2.51. The third kappa shape index (κ3) is 4.32. The molecule has 1 spiro atoms. The van der Waals surface area contributed by atoms with Crippen LogP contribution in [0.15, 0.2) is 48.5 Å². The van der Waals surface area contributed by atoms with E-state index in [0.29, 0.717) is 13.1 Å². The summed E-state index contributed by atoms with van der Waals surface area (Å²) < 4.78 is 5.85. The SMILES string of the molecule is Cc1cccc(C)c1OCC(=O)N1CCC2(CC1)C[C@@H](Cc1ccccc1)N(C)C2=O. The van der Waals surface area contributed by atoms with Crippen LogP contribution in [0.5, 0.6) is 5.75 Å².